The van der Waals surface area contributed by atoms with Crippen LogP contribution in [0.3, 0.4) is 0 Å². The molecule has 0 radical (unpaired) electrons. The van der Waals surface area contributed by atoms with Gasteiger partial charge in [-0.1, -0.05) is 27.7 Å². The lowest BCUT2D eigenvalue weighted by molar-refractivity contribution is 0.695. The summed E-state index contributed by atoms with van der Waals surface area (Å²) in [5.74, 6) is 0.310. The molecule has 1 aromatic rings. The SMILES string of the molecule is CC.CCn1cc(C)cc(C(C)C)c1=O. The second kappa shape index (κ2) is 6.44. The van der Waals surface area contributed by atoms with E-state index in [1.807, 2.05) is 40.0 Å². The van der Waals surface area contributed by atoms with Crippen molar-refractivity contribution >= 4 is 0 Å². The zero-order valence-corrected chi connectivity index (χ0v) is 10.8. The third-order valence-corrected chi connectivity index (χ3v) is 2.21. The maximum atomic E-state index is 11.8. The Hall–Kier alpha value is -1.05. The lowest BCUT2D eigenvalue weighted by Gasteiger charge is -2.09. The van der Waals surface area contributed by atoms with Crippen LogP contribution in [0.4, 0.5) is 0 Å². The van der Waals surface area contributed by atoms with Gasteiger partial charge in [0.05, 0.1) is 0 Å². The minimum atomic E-state index is 0.156. The number of rotatable bonds is 2. The van der Waals surface area contributed by atoms with Crippen LogP contribution in [-0.2, 0) is 6.54 Å². The van der Waals surface area contributed by atoms with Gasteiger partial charge in [-0.3, -0.25) is 4.79 Å². The molecular weight excluding hydrogens is 186 g/mol. The Bertz CT molecular complexity index is 350. The quantitative estimate of drug-likeness (QED) is 0.732. The zero-order chi connectivity index (χ0) is 12.0. The van der Waals surface area contributed by atoms with Gasteiger partial charge >= 0.3 is 0 Å². The molecule has 2 heteroatoms. The van der Waals surface area contributed by atoms with Crippen molar-refractivity contribution in [2.24, 2.45) is 0 Å². The number of aryl methyl sites for hydroxylation is 2. The third-order valence-electron chi connectivity index (χ3n) is 2.21. The highest BCUT2D eigenvalue weighted by Gasteiger charge is 2.07. The van der Waals surface area contributed by atoms with Gasteiger partial charge in [-0.05, 0) is 31.4 Å². The molecule has 0 bridgehead atoms. The van der Waals surface area contributed by atoms with Crippen LogP contribution in [0.5, 0.6) is 0 Å². The molecule has 1 rings (SSSR count). The summed E-state index contributed by atoms with van der Waals surface area (Å²) in [7, 11) is 0. The van der Waals surface area contributed by atoms with Crippen LogP contribution in [0.1, 0.15) is 51.7 Å². The number of aromatic nitrogens is 1. The monoisotopic (exact) mass is 209 g/mol. The zero-order valence-electron chi connectivity index (χ0n) is 10.8. The summed E-state index contributed by atoms with van der Waals surface area (Å²) in [6, 6.07) is 1.99. The maximum absolute atomic E-state index is 11.8. The normalized spacial score (nSPS) is 9.80. The summed E-state index contributed by atoms with van der Waals surface area (Å²) in [5, 5.41) is 0. The molecule has 2 nitrogen and oxygen atoms in total. The summed E-state index contributed by atoms with van der Waals surface area (Å²) in [6.07, 6.45) is 1.91. The Kier molecular flexibility index (Phi) is 5.99. The number of hydrogen-bond acceptors (Lipinski definition) is 1. The first-order valence-corrected chi connectivity index (χ1v) is 5.77. The topological polar surface area (TPSA) is 22.0 Å². The van der Waals surface area contributed by atoms with Gasteiger partial charge in [0, 0.05) is 18.3 Å². The van der Waals surface area contributed by atoms with E-state index in [0.717, 1.165) is 17.7 Å². The van der Waals surface area contributed by atoms with Crippen LogP contribution in [0.2, 0.25) is 0 Å². The molecule has 0 N–H and O–H groups in total. The van der Waals surface area contributed by atoms with Crippen LogP contribution in [0, 0.1) is 6.92 Å². The molecule has 0 spiro atoms. The summed E-state index contributed by atoms with van der Waals surface area (Å²) in [6.45, 7) is 12.9. The molecule has 0 atom stereocenters. The molecule has 0 aromatic carbocycles. The fourth-order valence-electron chi connectivity index (χ4n) is 1.46. The van der Waals surface area contributed by atoms with E-state index in [9.17, 15) is 4.79 Å². The maximum Gasteiger partial charge on any atom is 0.253 e. The standard InChI is InChI=1S/C11H17NO.C2H6/c1-5-12-7-9(4)6-10(8(2)3)11(12)13;1-2/h6-8H,5H2,1-4H3;1-2H3. The molecule has 0 aliphatic carbocycles. The van der Waals surface area contributed by atoms with Crippen LogP contribution in [-0.4, -0.2) is 4.57 Å². The van der Waals surface area contributed by atoms with Gasteiger partial charge in [-0.25, -0.2) is 0 Å². The van der Waals surface area contributed by atoms with Crippen molar-refractivity contribution in [2.75, 3.05) is 0 Å². The van der Waals surface area contributed by atoms with E-state index >= 15 is 0 Å². The van der Waals surface area contributed by atoms with Crippen LogP contribution in [0.15, 0.2) is 17.1 Å². The second-order valence-corrected chi connectivity index (χ2v) is 3.72. The smallest absolute Gasteiger partial charge is 0.253 e. The molecule has 0 saturated heterocycles. The predicted octanol–water partition coefficient (Wildman–Crippen LogP) is 3.33. The Morgan fingerprint density at radius 1 is 1.33 bits per heavy atom. The van der Waals surface area contributed by atoms with Gasteiger partial charge in [-0.15, -0.1) is 0 Å². The fraction of sp³-hybridized carbons (Fsp3) is 0.615. The van der Waals surface area contributed by atoms with Crippen molar-refractivity contribution in [3.05, 3.63) is 33.7 Å². The third kappa shape index (κ3) is 3.54. The first-order valence-electron chi connectivity index (χ1n) is 5.77. The first kappa shape index (κ1) is 13.9. The van der Waals surface area contributed by atoms with E-state index in [0.29, 0.717) is 5.92 Å². The van der Waals surface area contributed by atoms with Crippen molar-refractivity contribution in [1.82, 2.24) is 4.57 Å². The Labute approximate surface area is 92.9 Å². The summed E-state index contributed by atoms with van der Waals surface area (Å²) in [5.41, 5.74) is 2.23. The van der Waals surface area contributed by atoms with Crippen molar-refractivity contribution in [3.8, 4) is 0 Å². The van der Waals surface area contributed by atoms with Crippen molar-refractivity contribution in [1.29, 1.82) is 0 Å². The summed E-state index contributed by atoms with van der Waals surface area (Å²) >= 11 is 0. The molecule has 0 unspecified atom stereocenters. The number of hydrogen-bond donors (Lipinski definition) is 0. The van der Waals surface area contributed by atoms with Crippen LogP contribution in [0.25, 0.3) is 0 Å². The fourth-order valence-corrected chi connectivity index (χ4v) is 1.46. The number of pyridine rings is 1. The molecule has 0 aliphatic rings. The summed E-state index contributed by atoms with van der Waals surface area (Å²) < 4.78 is 1.77. The van der Waals surface area contributed by atoms with Gasteiger partial charge < -0.3 is 4.57 Å². The van der Waals surface area contributed by atoms with Gasteiger partial charge in [0.2, 0.25) is 0 Å². The molecule has 1 aromatic heterocycles. The highest BCUT2D eigenvalue weighted by Crippen LogP contribution is 2.10. The van der Waals surface area contributed by atoms with E-state index in [1.165, 1.54) is 0 Å². The molecule has 15 heavy (non-hydrogen) atoms. The average molecular weight is 209 g/mol. The highest BCUT2D eigenvalue weighted by molar-refractivity contribution is 5.20. The van der Waals surface area contributed by atoms with E-state index in [-0.39, 0.29) is 5.56 Å². The van der Waals surface area contributed by atoms with Gasteiger partial charge in [0.25, 0.3) is 5.56 Å². The van der Waals surface area contributed by atoms with Gasteiger partial charge in [-0.2, -0.15) is 0 Å². The van der Waals surface area contributed by atoms with Gasteiger partial charge in [0.15, 0.2) is 0 Å². The average Bonchev–Trinajstić information content (AvgIpc) is 2.23. The van der Waals surface area contributed by atoms with E-state index in [1.54, 1.807) is 4.57 Å². The molecule has 1 heterocycles. The van der Waals surface area contributed by atoms with Crippen molar-refractivity contribution < 1.29 is 0 Å². The highest BCUT2D eigenvalue weighted by atomic mass is 16.1. The predicted molar refractivity (Wildman–Crippen MR) is 66.6 cm³/mol. The van der Waals surface area contributed by atoms with E-state index in [2.05, 4.69) is 13.8 Å². The molecular formula is C13H23NO. The number of nitrogens with zero attached hydrogens (tertiary/aromatic N) is 1. The lowest BCUT2D eigenvalue weighted by Crippen LogP contribution is -2.23. The minimum absolute atomic E-state index is 0.156. The lowest BCUT2D eigenvalue weighted by atomic mass is 10.0. The second-order valence-electron chi connectivity index (χ2n) is 3.72. The van der Waals surface area contributed by atoms with Crippen LogP contribution >= 0.6 is 0 Å². The Morgan fingerprint density at radius 3 is 2.27 bits per heavy atom. The first-order chi connectivity index (χ1) is 7.06. The van der Waals surface area contributed by atoms with Gasteiger partial charge in [0.1, 0.15) is 0 Å². The molecule has 0 saturated carbocycles. The molecule has 0 aliphatic heterocycles. The van der Waals surface area contributed by atoms with E-state index in [4.69, 9.17) is 0 Å². The van der Waals surface area contributed by atoms with E-state index < -0.39 is 0 Å². The van der Waals surface area contributed by atoms with Crippen molar-refractivity contribution in [2.45, 2.75) is 54.0 Å². The van der Waals surface area contributed by atoms with Crippen LogP contribution < -0.4 is 5.56 Å². The van der Waals surface area contributed by atoms with Crippen molar-refractivity contribution in [3.63, 3.8) is 0 Å². The molecule has 86 valence electrons. The Balaban J connectivity index is 0.000000921. The summed E-state index contributed by atoms with van der Waals surface area (Å²) in [4.78, 5) is 11.8. The molecule has 0 amide bonds. The minimum Gasteiger partial charge on any atom is -0.315 e. The molecule has 0 fully saturated rings. The Morgan fingerprint density at radius 2 is 1.87 bits per heavy atom. The largest absolute Gasteiger partial charge is 0.315 e.